The van der Waals surface area contributed by atoms with Crippen LogP contribution in [-0.2, 0) is 4.79 Å². The van der Waals surface area contributed by atoms with Crippen LogP contribution in [0.4, 0.5) is 11.8 Å². The molecule has 0 aliphatic carbocycles. The summed E-state index contributed by atoms with van der Waals surface area (Å²) in [6.45, 7) is 1.60. The van der Waals surface area contributed by atoms with E-state index in [4.69, 9.17) is 15.7 Å². The van der Waals surface area contributed by atoms with E-state index in [2.05, 4.69) is 39.4 Å². The van der Waals surface area contributed by atoms with Gasteiger partial charge in [0.15, 0.2) is 0 Å². The van der Waals surface area contributed by atoms with Crippen molar-refractivity contribution in [1.29, 1.82) is 0 Å². The highest BCUT2D eigenvalue weighted by molar-refractivity contribution is 7.17. The number of hydrogen-bond acceptors (Lipinski definition) is 7. The number of amides is 1. The van der Waals surface area contributed by atoms with Crippen molar-refractivity contribution in [1.82, 2.24) is 9.97 Å². The molecule has 3 fully saturated rings. The number of nitrogens with zero attached hydrogens (tertiary/aromatic N) is 4. The highest BCUT2D eigenvalue weighted by atomic mass is 32.1. The van der Waals surface area contributed by atoms with Gasteiger partial charge in [0.05, 0.1) is 11.5 Å². The molecule has 3 unspecified atom stereocenters. The maximum atomic E-state index is 11.4. The molecule has 1 aromatic carbocycles. The van der Waals surface area contributed by atoms with Gasteiger partial charge in [-0.1, -0.05) is 30.3 Å². The Morgan fingerprint density at radius 2 is 1.88 bits per heavy atom. The maximum Gasteiger partial charge on any atom is 0.228 e. The summed E-state index contributed by atoms with van der Waals surface area (Å²) in [6.07, 6.45) is 4.91. The largest absolute Gasteiger partial charge is 0.393 e. The summed E-state index contributed by atoms with van der Waals surface area (Å²) in [4.78, 5) is 27.3. The summed E-state index contributed by atoms with van der Waals surface area (Å²) in [7, 11) is 0. The lowest BCUT2D eigenvalue weighted by Crippen LogP contribution is -2.45. The van der Waals surface area contributed by atoms with Crippen LogP contribution in [0.3, 0.4) is 0 Å². The number of fused-ring (bicyclic) bond motifs is 3. The van der Waals surface area contributed by atoms with E-state index >= 15 is 0 Å². The zero-order chi connectivity index (χ0) is 22.5. The number of aliphatic hydroxyl groups excluding tert-OH is 1. The number of thiophene rings is 1. The Bertz CT molecular complexity index is 1170. The van der Waals surface area contributed by atoms with Gasteiger partial charge in [-0.05, 0) is 43.6 Å². The number of piperidine rings is 1. The molecule has 33 heavy (non-hydrogen) atoms. The molecule has 8 heteroatoms. The standard InChI is InChI=1S/C25H29N5O2S/c26-21(32)10-15-8-9-29(13-15)25-27-23(30-17-6-7-18(30)12-19(31)11-17)22-20(14-33-24(22)28-25)16-4-2-1-3-5-16/h1-5,14-15,17-19,31H,6-13H2,(H2,26,32). The molecule has 2 aromatic heterocycles. The minimum Gasteiger partial charge on any atom is -0.393 e. The number of carbonyl (C=O) groups is 1. The minimum absolute atomic E-state index is 0.222. The molecule has 3 atom stereocenters. The van der Waals surface area contributed by atoms with Gasteiger partial charge in [-0.2, -0.15) is 4.98 Å². The topological polar surface area (TPSA) is 95.6 Å². The highest BCUT2D eigenvalue weighted by Gasteiger charge is 2.42. The highest BCUT2D eigenvalue weighted by Crippen LogP contribution is 2.46. The Morgan fingerprint density at radius 3 is 2.61 bits per heavy atom. The van der Waals surface area contributed by atoms with Gasteiger partial charge in [0.25, 0.3) is 0 Å². The van der Waals surface area contributed by atoms with Gasteiger partial charge in [-0.25, -0.2) is 4.98 Å². The quantitative estimate of drug-likeness (QED) is 0.601. The third-order valence-corrected chi connectivity index (χ3v) is 8.37. The van der Waals surface area contributed by atoms with Gasteiger partial charge in [0.2, 0.25) is 11.9 Å². The predicted molar refractivity (Wildman–Crippen MR) is 132 cm³/mol. The van der Waals surface area contributed by atoms with Gasteiger partial charge in [-0.15, -0.1) is 11.3 Å². The van der Waals surface area contributed by atoms with Crippen molar-refractivity contribution in [3.8, 4) is 11.1 Å². The van der Waals surface area contributed by atoms with E-state index in [9.17, 15) is 9.90 Å². The molecule has 3 aliphatic rings. The Kier molecular flexibility index (Phi) is 5.22. The third kappa shape index (κ3) is 3.75. The summed E-state index contributed by atoms with van der Waals surface area (Å²) in [6, 6.07) is 11.1. The van der Waals surface area contributed by atoms with Gasteiger partial charge in [-0.3, -0.25) is 4.79 Å². The van der Waals surface area contributed by atoms with Crippen molar-refractivity contribution in [2.45, 2.75) is 56.7 Å². The number of anilines is 2. The van der Waals surface area contributed by atoms with Gasteiger partial charge < -0.3 is 20.6 Å². The number of primary amides is 1. The van der Waals surface area contributed by atoms with Crippen molar-refractivity contribution in [3.63, 3.8) is 0 Å². The van der Waals surface area contributed by atoms with Crippen molar-refractivity contribution >= 4 is 39.2 Å². The van der Waals surface area contributed by atoms with Gasteiger partial charge >= 0.3 is 0 Å². The van der Waals surface area contributed by atoms with Crippen molar-refractivity contribution in [3.05, 3.63) is 35.7 Å². The fraction of sp³-hybridized carbons (Fsp3) is 0.480. The van der Waals surface area contributed by atoms with Gasteiger partial charge in [0.1, 0.15) is 10.6 Å². The van der Waals surface area contributed by atoms with E-state index in [1.54, 1.807) is 11.3 Å². The lowest BCUT2D eigenvalue weighted by Gasteiger charge is -2.38. The van der Waals surface area contributed by atoms with Crippen LogP contribution in [0, 0.1) is 5.92 Å². The van der Waals surface area contributed by atoms with Crippen molar-refractivity contribution in [2.75, 3.05) is 22.9 Å². The second kappa shape index (κ2) is 8.25. The first-order chi connectivity index (χ1) is 16.1. The zero-order valence-corrected chi connectivity index (χ0v) is 19.4. The van der Waals surface area contributed by atoms with E-state index in [-0.39, 0.29) is 17.9 Å². The minimum atomic E-state index is -0.242. The van der Waals surface area contributed by atoms with Crippen LogP contribution in [0.15, 0.2) is 35.7 Å². The molecular formula is C25H29N5O2S. The van der Waals surface area contributed by atoms with Crippen LogP contribution >= 0.6 is 11.3 Å². The Hall–Kier alpha value is -2.71. The SMILES string of the molecule is NC(=O)CC1CCN(c2nc(N3C4CCC3CC(O)C4)c3c(-c4ccccc4)csc3n2)C1. The monoisotopic (exact) mass is 463 g/mol. The van der Waals surface area contributed by atoms with Crippen LogP contribution in [0.2, 0.25) is 0 Å². The predicted octanol–water partition coefficient (Wildman–Crippen LogP) is 3.55. The van der Waals surface area contributed by atoms with Crippen LogP contribution in [0.25, 0.3) is 21.3 Å². The number of aliphatic hydroxyl groups is 1. The molecule has 5 heterocycles. The third-order valence-electron chi connectivity index (χ3n) is 7.50. The van der Waals surface area contributed by atoms with Crippen LogP contribution in [-0.4, -0.2) is 52.3 Å². The molecular weight excluding hydrogens is 434 g/mol. The number of aromatic nitrogens is 2. The normalized spacial score (nSPS) is 26.9. The molecule has 3 N–H and O–H groups in total. The molecule has 172 valence electrons. The molecule has 3 aliphatic heterocycles. The average molecular weight is 464 g/mol. The second-order valence-electron chi connectivity index (χ2n) is 9.73. The fourth-order valence-electron chi connectivity index (χ4n) is 6.03. The molecule has 0 saturated carbocycles. The van der Waals surface area contributed by atoms with Gasteiger partial charge in [0, 0.05) is 42.5 Å². The lowest BCUT2D eigenvalue weighted by molar-refractivity contribution is -0.118. The molecule has 7 nitrogen and oxygen atoms in total. The summed E-state index contributed by atoms with van der Waals surface area (Å²) < 4.78 is 0. The van der Waals surface area contributed by atoms with Crippen LogP contribution in [0.5, 0.6) is 0 Å². The van der Waals surface area contributed by atoms with Crippen molar-refractivity contribution in [2.24, 2.45) is 11.7 Å². The Labute approximate surface area is 197 Å². The number of benzene rings is 1. The second-order valence-corrected chi connectivity index (χ2v) is 10.6. The molecule has 2 bridgehead atoms. The first-order valence-electron chi connectivity index (χ1n) is 11.9. The molecule has 1 amide bonds. The summed E-state index contributed by atoms with van der Waals surface area (Å²) in [5.74, 6) is 1.77. The Morgan fingerprint density at radius 1 is 1.12 bits per heavy atom. The van der Waals surface area contributed by atoms with Crippen molar-refractivity contribution < 1.29 is 9.90 Å². The van der Waals surface area contributed by atoms with E-state index in [0.29, 0.717) is 18.5 Å². The molecule has 6 rings (SSSR count). The van der Waals surface area contributed by atoms with E-state index in [1.165, 1.54) is 11.1 Å². The van der Waals surface area contributed by atoms with Crippen LogP contribution in [0.1, 0.15) is 38.5 Å². The molecule has 3 saturated heterocycles. The molecule has 0 radical (unpaired) electrons. The number of rotatable bonds is 5. The lowest BCUT2D eigenvalue weighted by atomic mass is 9.98. The smallest absolute Gasteiger partial charge is 0.228 e. The molecule has 0 spiro atoms. The summed E-state index contributed by atoms with van der Waals surface area (Å²) in [5, 5.41) is 13.7. The van der Waals surface area contributed by atoms with Crippen LogP contribution < -0.4 is 15.5 Å². The summed E-state index contributed by atoms with van der Waals surface area (Å²) >= 11 is 1.67. The maximum absolute atomic E-state index is 11.4. The number of hydrogen-bond donors (Lipinski definition) is 2. The number of carbonyl (C=O) groups excluding carboxylic acids is 1. The Balaban J connectivity index is 1.46. The van der Waals surface area contributed by atoms with E-state index in [0.717, 1.165) is 67.2 Å². The molecule has 3 aromatic rings. The number of nitrogens with two attached hydrogens (primary N) is 1. The summed E-state index contributed by atoms with van der Waals surface area (Å²) in [5.41, 5.74) is 7.80. The zero-order valence-electron chi connectivity index (χ0n) is 18.6. The first-order valence-corrected chi connectivity index (χ1v) is 12.8. The average Bonchev–Trinajstić information content (AvgIpc) is 3.50. The fourth-order valence-corrected chi connectivity index (χ4v) is 6.97. The van der Waals surface area contributed by atoms with E-state index in [1.807, 2.05) is 6.07 Å². The first kappa shape index (κ1) is 20.9. The van der Waals surface area contributed by atoms with E-state index < -0.39 is 0 Å².